The highest BCUT2D eigenvalue weighted by molar-refractivity contribution is 6.35. The lowest BCUT2D eigenvalue weighted by Crippen LogP contribution is -2.13. The smallest absolute Gasteiger partial charge is 0.141 e. The van der Waals surface area contributed by atoms with Crippen molar-refractivity contribution in [2.75, 3.05) is 13.7 Å². The second kappa shape index (κ2) is 3.85. The minimum atomic E-state index is -0.181. The number of rotatable bonds is 3. The van der Waals surface area contributed by atoms with Crippen LogP contribution in [0.25, 0.3) is 0 Å². The lowest BCUT2D eigenvalue weighted by atomic mass is 9.96. The maximum absolute atomic E-state index is 9.37. The molecular weight excluding hydrogens is 235 g/mol. The van der Waals surface area contributed by atoms with Crippen molar-refractivity contribution in [1.82, 2.24) is 0 Å². The predicted molar refractivity (Wildman–Crippen MR) is 61.0 cm³/mol. The van der Waals surface area contributed by atoms with Crippen LogP contribution in [-0.4, -0.2) is 18.8 Å². The van der Waals surface area contributed by atoms with Crippen LogP contribution in [0.5, 0.6) is 5.75 Å². The lowest BCUT2D eigenvalue weighted by Gasteiger charge is -2.17. The molecule has 2 nitrogen and oxygen atoms in total. The Kier molecular flexibility index (Phi) is 2.84. The van der Waals surface area contributed by atoms with E-state index in [0.717, 1.165) is 18.4 Å². The molecule has 82 valence electrons. The third-order valence-electron chi connectivity index (χ3n) is 2.94. The quantitative estimate of drug-likeness (QED) is 0.889. The van der Waals surface area contributed by atoms with Crippen LogP contribution in [0.1, 0.15) is 18.4 Å². The first-order chi connectivity index (χ1) is 7.13. The lowest BCUT2D eigenvalue weighted by molar-refractivity contribution is 0.251. The van der Waals surface area contributed by atoms with Crippen molar-refractivity contribution in [2.24, 2.45) is 0 Å². The van der Waals surface area contributed by atoms with Gasteiger partial charge in [-0.15, -0.1) is 0 Å². The predicted octanol–water partition coefficient (Wildman–Crippen LogP) is 3.03. The van der Waals surface area contributed by atoms with Crippen molar-refractivity contribution in [2.45, 2.75) is 18.3 Å². The number of methoxy groups -OCH3 is 1. The third-order valence-corrected chi connectivity index (χ3v) is 3.44. The Bertz CT molecular complexity index is 386. The molecule has 0 bridgehead atoms. The normalized spacial score (nSPS) is 17.6. The second-order valence-corrected chi connectivity index (χ2v) is 4.75. The maximum atomic E-state index is 9.37. The van der Waals surface area contributed by atoms with Gasteiger partial charge < -0.3 is 9.84 Å². The Hall–Kier alpha value is -0.440. The summed E-state index contributed by atoms with van der Waals surface area (Å²) in [7, 11) is 1.58. The van der Waals surface area contributed by atoms with Crippen LogP contribution in [0.2, 0.25) is 10.0 Å². The van der Waals surface area contributed by atoms with Crippen LogP contribution in [0.4, 0.5) is 0 Å². The number of aliphatic hydroxyl groups excluding tert-OH is 1. The molecule has 0 radical (unpaired) electrons. The summed E-state index contributed by atoms with van der Waals surface area (Å²) in [6, 6.07) is 3.48. The number of ether oxygens (including phenoxy) is 1. The van der Waals surface area contributed by atoms with Crippen molar-refractivity contribution in [3.63, 3.8) is 0 Å². The summed E-state index contributed by atoms with van der Waals surface area (Å²) in [4.78, 5) is 0. The summed E-state index contributed by atoms with van der Waals surface area (Å²) in [5.74, 6) is 0.632. The Morgan fingerprint density at radius 2 is 2.07 bits per heavy atom. The number of benzene rings is 1. The first-order valence-corrected chi connectivity index (χ1v) is 5.53. The number of hydrogen-bond donors (Lipinski definition) is 1. The number of aliphatic hydroxyl groups is 1. The molecule has 1 aliphatic carbocycles. The number of halogens is 2. The highest BCUT2D eigenvalue weighted by atomic mass is 35.5. The molecule has 0 aromatic heterocycles. The minimum Gasteiger partial charge on any atom is -0.495 e. The standard InChI is InChI=1S/C11H12Cl2O2/c1-15-10-8(11(6-14)2-3-11)4-7(12)5-9(10)13/h4-5,14H,2-3,6H2,1H3. The monoisotopic (exact) mass is 246 g/mol. The number of hydrogen-bond acceptors (Lipinski definition) is 2. The van der Waals surface area contributed by atoms with Gasteiger partial charge in [0, 0.05) is 16.0 Å². The maximum Gasteiger partial charge on any atom is 0.141 e. The molecule has 15 heavy (non-hydrogen) atoms. The molecule has 1 saturated carbocycles. The highest BCUT2D eigenvalue weighted by Gasteiger charge is 2.46. The average molecular weight is 247 g/mol. The van der Waals surface area contributed by atoms with Crippen molar-refractivity contribution in [3.8, 4) is 5.75 Å². The van der Waals surface area contributed by atoms with E-state index < -0.39 is 0 Å². The molecule has 1 N–H and O–H groups in total. The molecule has 0 unspecified atom stereocenters. The molecule has 1 aliphatic rings. The molecule has 0 aliphatic heterocycles. The minimum absolute atomic E-state index is 0.111. The van der Waals surface area contributed by atoms with Crippen LogP contribution < -0.4 is 4.74 Å². The van der Waals surface area contributed by atoms with Gasteiger partial charge in [0.2, 0.25) is 0 Å². The van der Waals surface area contributed by atoms with E-state index in [2.05, 4.69) is 0 Å². The van der Waals surface area contributed by atoms with E-state index >= 15 is 0 Å². The molecule has 0 saturated heterocycles. The molecule has 2 rings (SSSR count). The molecule has 0 atom stereocenters. The molecule has 1 aromatic rings. The molecule has 0 heterocycles. The fourth-order valence-electron chi connectivity index (χ4n) is 1.83. The third kappa shape index (κ3) is 1.82. The van der Waals surface area contributed by atoms with Gasteiger partial charge in [-0.3, -0.25) is 0 Å². The van der Waals surface area contributed by atoms with E-state index in [-0.39, 0.29) is 12.0 Å². The van der Waals surface area contributed by atoms with Gasteiger partial charge >= 0.3 is 0 Å². The Morgan fingerprint density at radius 1 is 1.40 bits per heavy atom. The van der Waals surface area contributed by atoms with Crippen LogP contribution in [-0.2, 0) is 5.41 Å². The largest absolute Gasteiger partial charge is 0.495 e. The van der Waals surface area contributed by atoms with Crippen molar-refractivity contribution < 1.29 is 9.84 Å². The molecule has 4 heteroatoms. The fraction of sp³-hybridized carbons (Fsp3) is 0.455. The van der Waals surface area contributed by atoms with E-state index in [1.807, 2.05) is 6.07 Å². The van der Waals surface area contributed by atoms with Crippen molar-refractivity contribution in [1.29, 1.82) is 0 Å². The van der Waals surface area contributed by atoms with Crippen LogP contribution >= 0.6 is 23.2 Å². The van der Waals surface area contributed by atoms with Gasteiger partial charge in [-0.25, -0.2) is 0 Å². The Morgan fingerprint density at radius 3 is 2.53 bits per heavy atom. The van der Waals surface area contributed by atoms with Crippen molar-refractivity contribution in [3.05, 3.63) is 27.7 Å². The van der Waals surface area contributed by atoms with Crippen LogP contribution in [0.15, 0.2) is 12.1 Å². The molecule has 1 aromatic carbocycles. The SMILES string of the molecule is COc1c(Cl)cc(Cl)cc1C1(CO)CC1. The summed E-state index contributed by atoms with van der Waals surface area (Å²) in [5.41, 5.74) is 0.741. The second-order valence-electron chi connectivity index (χ2n) is 3.91. The average Bonchev–Trinajstić information content (AvgIpc) is 2.97. The summed E-state index contributed by atoms with van der Waals surface area (Å²) >= 11 is 12.0. The van der Waals surface area contributed by atoms with Gasteiger partial charge in [0.25, 0.3) is 0 Å². The van der Waals surface area contributed by atoms with Gasteiger partial charge in [0.05, 0.1) is 18.7 Å². The van der Waals surface area contributed by atoms with Gasteiger partial charge in [-0.2, -0.15) is 0 Å². The van der Waals surface area contributed by atoms with Gasteiger partial charge in [-0.05, 0) is 25.0 Å². The van der Waals surface area contributed by atoms with Crippen LogP contribution in [0.3, 0.4) is 0 Å². The van der Waals surface area contributed by atoms with E-state index in [9.17, 15) is 5.11 Å². The fourth-order valence-corrected chi connectivity index (χ4v) is 2.40. The van der Waals surface area contributed by atoms with Crippen LogP contribution in [0, 0.1) is 0 Å². The van der Waals surface area contributed by atoms with Gasteiger partial charge in [0.1, 0.15) is 5.75 Å². The van der Waals surface area contributed by atoms with Gasteiger partial charge in [-0.1, -0.05) is 23.2 Å². The van der Waals surface area contributed by atoms with E-state index in [4.69, 9.17) is 27.9 Å². The summed E-state index contributed by atoms with van der Waals surface area (Å²) in [5, 5.41) is 10.4. The van der Waals surface area contributed by atoms with E-state index in [1.165, 1.54) is 0 Å². The highest BCUT2D eigenvalue weighted by Crippen LogP contribution is 2.53. The zero-order chi connectivity index (χ0) is 11.1. The summed E-state index contributed by atoms with van der Waals surface area (Å²) in [6.45, 7) is 0.111. The zero-order valence-corrected chi connectivity index (χ0v) is 9.90. The van der Waals surface area contributed by atoms with Crippen molar-refractivity contribution >= 4 is 23.2 Å². The zero-order valence-electron chi connectivity index (χ0n) is 8.39. The molecule has 0 spiro atoms. The topological polar surface area (TPSA) is 29.5 Å². The summed E-state index contributed by atoms with van der Waals surface area (Å²) < 4.78 is 5.26. The Balaban J connectivity index is 2.54. The van der Waals surface area contributed by atoms with Gasteiger partial charge in [0.15, 0.2) is 0 Å². The molecule has 1 fully saturated rings. The van der Waals surface area contributed by atoms with E-state index in [1.54, 1.807) is 13.2 Å². The Labute approximate surface area is 98.8 Å². The molecular formula is C11H12Cl2O2. The molecule has 0 amide bonds. The van der Waals surface area contributed by atoms with E-state index in [0.29, 0.717) is 15.8 Å². The first kappa shape index (κ1) is 11.1. The summed E-state index contributed by atoms with van der Waals surface area (Å²) in [6.07, 6.45) is 1.91. The first-order valence-electron chi connectivity index (χ1n) is 4.77.